The predicted molar refractivity (Wildman–Crippen MR) is 114 cm³/mol. The van der Waals surface area contributed by atoms with Gasteiger partial charge in [0.25, 0.3) is 5.89 Å². The van der Waals surface area contributed by atoms with Crippen LogP contribution in [0.4, 0.5) is 9.18 Å². The maximum atomic E-state index is 13.9. The Bertz CT molecular complexity index is 1070. The molecule has 0 bridgehead atoms. The van der Waals surface area contributed by atoms with Crippen LogP contribution in [0.15, 0.2) is 52.0 Å². The van der Waals surface area contributed by atoms with Crippen molar-refractivity contribution in [1.82, 2.24) is 20.4 Å². The van der Waals surface area contributed by atoms with Crippen LogP contribution in [-0.4, -0.2) is 27.6 Å². The number of hydrogen-bond donors (Lipinski definition) is 1. The summed E-state index contributed by atoms with van der Waals surface area (Å²) in [5.74, 6) is 0.887. The molecular formula is C22H23FN4O2S. The molecule has 1 aliphatic rings. The van der Waals surface area contributed by atoms with Gasteiger partial charge in [0, 0.05) is 12.2 Å². The molecule has 1 N–H and O–H groups in total. The third kappa shape index (κ3) is 4.00. The van der Waals surface area contributed by atoms with Crippen LogP contribution in [0.3, 0.4) is 0 Å². The van der Waals surface area contributed by atoms with Crippen LogP contribution in [0, 0.1) is 11.7 Å². The highest BCUT2D eigenvalue weighted by Crippen LogP contribution is 2.38. The number of hydrogen-bond acceptors (Lipinski definition) is 5. The predicted octanol–water partition coefficient (Wildman–Crippen LogP) is 5.48. The topological polar surface area (TPSA) is 71.3 Å². The minimum Gasteiger partial charge on any atom is -0.334 e. The SMILES string of the molecule is CC1=C(c2nc(-c3cccs3)no2)C(c2cccc(F)c2)NC(=O)N1CCC(C)C. The summed E-state index contributed by atoms with van der Waals surface area (Å²) in [4.78, 5) is 20.0. The highest BCUT2D eigenvalue weighted by atomic mass is 32.1. The second kappa shape index (κ2) is 8.39. The number of halogens is 1. The Hall–Kier alpha value is -3.00. The molecule has 6 nitrogen and oxygen atoms in total. The number of allylic oxidation sites excluding steroid dienone is 1. The molecule has 4 rings (SSSR count). The number of carbonyl (C=O) groups excluding carboxylic acids is 1. The molecule has 8 heteroatoms. The van der Waals surface area contributed by atoms with E-state index in [-0.39, 0.29) is 11.8 Å². The second-order valence-corrected chi connectivity index (χ2v) is 8.62. The number of rotatable bonds is 6. The third-order valence-corrected chi connectivity index (χ3v) is 5.97. The zero-order chi connectivity index (χ0) is 21.3. The van der Waals surface area contributed by atoms with Gasteiger partial charge in [-0.3, -0.25) is 4.90 Å². The Morgan fingerprint density at radius 2 is 2.13 bits per heavy atom. The fourth-order valence-corrected chi connectivity index (χ4v) is 4.14. The maximum absolute atomic E-state index is 13.9. The van der Waals surface area contributed by atoms with Gasteiger partial charge < -0.3 is 9.84 Å². The Labute approximate surface area is 178 Å². The Morgan fingerprint density at radius 3 is 2.83 bits per heavy atom. The number of amides is 2. The Morgan fingerprint density at radius 1 is 1.30 bits per heavy atom. The molecule has 0 saturated carbocycles. The van der Waals surface area contributed by atoms with Gasteiger partial charge in [-0.05, 0) is 48.4 Å². The average Bonchev–Trinajstić information content (AvgIpc) is 3.39. The van der Waals surface area contributed by atoms with Crippen LogP contribution in [0.1, 0.15) is 44.7 Å². The molecule has 0 saturated heterocycles. The van der Waals surface area contributed by atoms with Gasteiger partial charge in [0.1, 0.15) is 5.82 Å². The number of carbonyl (C=O) groups is 1. The van der Waals surface area contributed by atoms with E-state index >= 15 is 0 Å². The van der Waals surface area contributed by atoms with E-state index in [1.807, 2.05) is 24.4 Å². The van der Waals surface area contributed by atoms with Crippen LogP contribution < -0.4 is 5.32 Å². The van der Waals surface area contributed by atoms with Crippen molar-refractivity contribution in [2.45, 2.75) is 33.2 Å². The smallest absolute Gasteiger partial charge is 0.322 e. The first-order valence-corrected chi connectivity index (χ1v) is 10.7. The highest BCUT2D eigenvalue weighted by molar-refractivity contribution is 7.13. The molecule has 0 radical (unpaired) electrons. The molecule has 1 aliphatic heterocycles. The first kappa shape index (κ1) is 20.3. The van der Waals surface area contributed by atoms with Crippen LogP contribution >= 0.6 is 11.3 Å². The lowest BCUT2D eigenvalue weighted by atomic mass is 9.94. The van der Waals surface area contributed by atoms with Gasteiger partial charge in [0.2, 0.25) is 5.82 Å². The first-order valence-electron chi connectivity index (χ1n) is 9.86. The van der Waals surface area contributed by atoms with Gasteiger partial charge in [-0.1, -0.05) is 37.2 Å². The van der Waals surface area contributed by atoms with Gasteiger partial charge in [0.15, 0.2) is 0 Å². The van der Waals surface area contributed by atoms with E-state index in [1.54, 1.807) is 17.0 Å². The molecule has 0 aliphatic carbocycles. The van der Waals surface area contributed by atoms with Gasteiger partial charge in [-0.25, -0.2) is 9.18 Å². The van der Waals surface area contributed by atoms with E-state index in [0.717, 1.165) is 17.0 Å². The Kier molecular flexibility index (Phi) is 5.67. The second-order valence-electron chi connectivity index (χ2n) is 7.67. The van der Waals surface area contributed by atoms with Crippen LogP contribution in [-0.2, 0) is 0 Å². The zero-order valence-corrected chi connectivity index (χ0v) is 17.9. The van der Waals surface area contributed by atoms with Gasteiger partial charge in [0.05, 0.1) is 16.5 Å². The number of thiophene rings is 1. The normalized spacial score (nSPS) is 17.0. The number of nitrogens with one attached hydrogen (secondary N) is 1. The van der Waals surface area contributed by atoms with E-state index in [0.29, 0.717) is 35.3 Å². The quantitative estimate of drug-likeness (QED) is 0.566. The zero-order valence-electron chi connectivity index (χ0n) is 17.1. The van der Waals surface area contributed by atoms with Crippen molar-refractivity contribution in [3.05, 3.63) is 64.7 Å². The number of nitrogens with zero attached hydrogens (tertiary/aromatic N) is 3. The summed E-state index contributed by atoms with van der Waals surface area (Å²) < 4.78 is 19.5. The molecule has 2 aromatic heterocycles. The van der Waals surface area contributed by atoms with Crippen molar-refractivity contribution in [1.29, 1.82) is 0 Å². The van der Waals surface area contributed by atoms with Crippen molar-refractivity contribution in [3.8, 4) is 10.7 Å². The van der Waals surface area contributed by atoms with E-state index in [4.69, 9.17) is 4.52 Å². The molecule has 1 atom stereocenters. The van der Waals surface area contributed by atoms with Crippen molar-refractivity contribution < 1.29 is 13.7 Å². The summed E-state index contributed by atoms with van der Waals surface area (Å²) >= 11 is 1.52. The van der Waals surface area contributed by atoms with Crippen LogP contribution in [0.2, 0.25) is 0 Å². The molecule has 0 fully saturated rings. The summed E-state index contributed by atoms with van der Waals surface area (Å²) in [5, 5.41) is 9.06. The molecule has 2 amide bonds. The van der Waals surface area contributed by atoms with Gasteiger partial charge >= 0.3 is 6.03 Å². The molecule has 156 valence electrons. The summed E-state index contributed by atoms with van der Waals surface area (Å²) in [6.07, 6.45) is 0.854. The Balaban J connectivity index is 1.79. The lowest BCUT2D eigenvalue weighted by Crippen LogP contribution is -2.46. The summed E-state index contributed by atoms with van der Waals surface area (Å²) in [6.45, 7) is 6.67. The van der Waals surface area contributed by atoms with Crippen molar-refractivity contribution in [2.24, 2.45) is 5.92 Å². The molecule has 3 aromatic rings. The van der Waals surface area contributed by atoms with E-state index in [2.05, 4.69) is 29.3 Å². The number of aromatic nitrogens is 2. The first-order chi connectivity index (χ1) is 14.4. The summed E-state index contributed by atoms with van der Waals surface area (Å²) in [6, 6.07) is 9.23. The molecule has 1 unspecified atom stereocenters. The van der Waals surface area contributed by atoms with Gasteiger partial charge in [-0.2, -0.15) is 4.98 Å². The number of benzene rings is 1. The summed E-state index contributed by atoms with van der Waals surface area (Å²) in [7, 11) is 0. The lowest BCUT2D eigenvalue weighted by molar-refractivity contribution is 0.202. The largest absolute Gasteiger partial charge is 0.334 e. The average molecular weight is 427 g/mol. The molecule has 30 heavy (non-hydrogen) atoms. The van der Waals surface area contributed by atoms with Crippen molar-refractivity contribution >= 4 is 22.9 Å². The fourth-order valence-electron chi connectivity index (χ4n) is 3.49. The highest BCUT2D eigenvalue weighted by Gasteiger charge is 2.35. The van der Waals surface area contributed by atoms with E-state index in [9.17, 15) is 9.18 Å². The van der Waals surface area contributed by atoms with E-state index < -0.39 is 6.04 Å². The van der Waals surface area contributed by atoms with Crippen molar-refractivity contribution in [2.75, 3.05) is 6.54 Å². The van der Waals surface area contributed by atoms with Crippen molar-refractivity contribution in [3.63, 3.8) is 0 Å². The monoisotopic (exact) mass is 426 g/mol. The van der Waals surface area contributed by atoms with Gasteiger partial charge in [-0.15, -0.1) is 11.3 Å². The minimum atomic E-state index is -0.583. The standard InChI is InChI=1S/C22H23FN4O2S/c1-13(2)9-10-27-14(3)18(21-25-20(26-29-21)17-8-5-11-30-17)19(24-22(27)28)15-6-4-7-16(23)12-15/h4-8,11-13,19H,9-10H2,1-3H3,(H,24,28). The maximum Gasteiger partial charge on any atom is 0.322 e. The van der Waals surface area contributed by atoms with E-state index in [1.165, 1.54) is 23.5 Å². The molecular weight excluding hydrogens is 403 g/mol. The van der Waals surface area contributed by atoms with Crippen LogP contribution in [0.5, 0.6) is 0 Å². The number of urea groups is 1. The lowest BCUT2D eigenvalue weighted by Gasteiger charge is -2.35. The summed E-state index contributed by atoms with van der Waals surface area (Å²) in [5.41, 5.74) is 2.03. The van der Waals surface area contributed by atoms with Crippen LogP contribution in [0.25, 0.3) is 16.3 Å². The third-order valence-electron chi connectivity index (χ3n) is 5.11. The minimum absolute atomic E-state index is 0.218. The molecule has 0 spiro atoms. The molecule has 1 aromatic carbocycles. The molecule has 3 heterocycles. The fraction of sp³-hybridized carbons (Fsp3) is 0.318.